The summed E-state index contributed by atoms with van der Waals surface area (Å²) in [6.45, 7) is 10.1. The van der Waals surface area contributed by atoms with Crippen molar-refractivity contribution in [2.24, 2.45) is 0 Å². The highest BCUT2D eigenvalue weighted by Crippen LogP contribution is 2.26. The van der Waals surface area contributed by atoms with Gasteiger partial charge in [0.1, 0.15) is 5.82 Å². The van der Waals surface area contributed by atoms with Crippen LogP contribution in [0.3, 0.4) is 0 Å². The highest BCUT2D eigenvalue weighted by molar-refractivity contribution is 6.46. The molecule has 3 rings (SSSR count). The predicted octanol–water partition coefficient (Wildman–Crippen LogP) is 4.61. The van der Waals surface area contributed by atoms with Crippen molar-refractivity contribution in [2.75, 3.05) is 5.32 Å². The van der Waals surface area contributed by atoms with Crippen molar-refractivity contribution in [3.8, 4) is 5.69 Å². The number of aromatic nitrogens is 2. The third kappa shape index (κ3) is 4.19. The van der Waals surface area contributed by atoms with E-state index < -0.39 is 11.7 Å². The average Bonchev–Trinajstić information content (AvgIpc) is 3.06. The van der Waals surface area contributed by atoms with Crippen molar-refractivity contribution in [1.29, 1.82) is 0 Å². The van der Waals surface area contributed by atoms with Gasteiger partial charge in [0.25, 0.3) is 11.7 Å². The first kappa shape index (κ1) is 19.5. The fourth-order valence-corrected chi connectivity index (χ4v) is 2.80. The largest absolute Gasteiger partial charge is 0.304 e. The zero-order valence-electron chi connectivity index (χ0n) is 16.9. The Hall–Kier alpha value is -3.21. The summed E-state index contributed by atoms with van der Waals surface area (Å²) in [4.78, 5) is 25.1. The molecule has 0 aliphatic carbocycles. The second-order valence-corrected chi connectivity index (χ2v) is 8.06. The first-order valence-corrected chi connectivity index (χ1v) is 9.25. The maximum absolute atomic E-state index is 12.6. The van der Waals surface area contributed by atoms with Gasteiger partial charge in [-0.2, -0.15) is 5.10 Å². The van der Waals surface area contributed by atoms with Gasteiger partial charge in [0.2, 0.25) is 0 Å². The molecule has 2 aromatic carbocycles. The van der Waals surface area contributed by atoms with Crippen LogP contribution in [0, 0.1) is 13.8 Å². The number of carbonyl (C=O) groups excluding carboxylic acids is 2. The topological polar surface area (TPSA) is 64.0 Å². The lowest BCUT2D eigenvalue weighted by molar-refractivity contribution is -0.112. The van der Waals surface area contributed by atoms with Gasteiger partial charge in [-0.3, -0.25) is 9.59 Å². The molecule has 0 bridgehead atoms. The van der Waals surface area contributed by atoms with E-state index >= 15 is 0 Å². The minimum absolute atomic E-state index is 0.199. The van der Waals surface area contributed by atoms with Crippen LogP contribution < -0.4 is 5.32 Å². The summed E-state index contributed by atoms with van der Waals surface area (Å²) in [6.07, 6.45) is 0. The van der Waals surface area contributed by atoms with Crippen molar-refractivity contribution in [3.05, 3.63) is 77.0 Å². The van der Waals surface area contributed by atoms with Gasteiger partial charge in [0.05, 0.1) is 11.4 Å². The molecule has 5 heteroatoms. The molecule has 5 nitrogen and oxygen atoms in total. The van der Waals surface area contributed by atoms with Crippen LogP contribution in [0.1, 0.15) is 48.0 Å². The Kier molecular flexibility index (Phi) is 5.18. The van der Waals surface area contributed by atoms with Gasteiger partial charge < -0.3 is 5.32 Å². The molecule has 0 atom stereocenters. The molecular weight excluding hydrogens is 350 g/mol. The second-order valence-electron chi connectivity index (χ2n) is 8.06. The Morgan fingerprint density at radius 1 is 0.929 bits per heavy atom. The molecule has 1 heterocycles. The number of hydrogen-bond donors (Lipinski definition) is 1. The van der Waals surface area contributed by atoms with Crippen LogP contribution in [0.2, 0.25) is 0 Å². The van der Waals surface area contributed by atoms with Crippen LogP contribution in [0.4, 0.5) is 5.82 Å². The van der Waals surface area contributed by atoms with Gasteiger partial charge >= 0.3 is 0 Å². The van der Waals surface area contributed by atoms with Crippen LogP contribution in [0.15, 0.2) is 54.6 Å². The van der Waals surface area contributed by atoms with E-state index in [0.29, 0.717) is 11.4 Å². The minimum Gasteiger partial charge on any atom is -0.304 e. The summed E-state index contributed by atoms with van der Waals surface area (Å²) in [7, 11) is 0. The Morgan fingerprint density at radius 2 is 1.61 bits per heavy atom. The van der Waals surface area contributed by atoms with Crippen LogP contribution in [0.5, 0.6) is 0 Å². The Balaban J connectivity index is 1.96. The quantitative estimate of drug-likeness (QED) is 0.535. The monoisotopic (exact) mass is 375 g/mol. The zero-order valence-corrected chi connectivity index (χ0v) is 16.9. The number of nitrogens with one attached hydrogen (secondary N) is 1. The minimum atomic E-state index is -0.682. The standard InChI is InChI=1S/C23H25N3O2/c1-15-9-11-17(12-10-15)21(27)22(28)24-20-14-19(23(3,4)5)25-26(20)18-8-6-7-16(2)13-18/h6-14H,1-5H3,(H,24,28). The van der Waals surface area contributed by atoms with Gasteiger partial charge in [0, 0.05) is 17.0 Å². The summed E-state index contributed by atoms with van der Waals surface area (Å²) >= 11 is 0. The third-order valence-corrected chi connectivity index (χ3v) is 4.49. The molecule has 1 N–H and O–H groups in total. The van der Waals surface area contributed by atoms with Gasteiger partial charge in [-0.05, 0) is 31.5 Å². The van der Waals surface area contributed by atoms with Crippen molar-refractivity contribution in [3.63, 3.8) is 0 Å². The maximum atomic E-state index is 12.6. The molecule has 0 fully saturated rings. The number of ketones is 1. The van der Waals surface area contributed by atoms with Crippen molar-refractivity contribution in [2.45, 2.75) is 40.0 Å². The number of aryl methyl sites for hydroxylation is 2. The number of amides is 1. The van der Waals surface area contributed by atoms with Crippen LogP contribution in [0.25, 0.3) is 5.69 Å². The SMILES string of the molecule is Cc1ccc(C(=O)C(=O)Nc2cc(C(C)(C)C)nn2-c2cccc(C)c2)cc1. The Labute approximate surface area is 165 Å². The van der Waals surface area contributed by atoms with Crippen molar-refractivity contribution >= 4 is 17.5 Å². The number of carbonyl (C=O) groups is 2. The summed E-state index contributed by atoms with van der Waals surface area (Å²) in [5, 5.41) is 7.43. The van der Waals surface area contributed by atoms with E-state index in [1.165, 1.54) is 0 Å². The van der Waals surface area contributed by atoms with Crippen LogP contribution in [-0.4, -0.2) is 21.5 Å². The number of benzene rings is 2. The van der Waals surface area contributed by atoms with E-state index in [4.69, 9.17) is 0 Å². The normalized spacial score (nSPS) is 11.3. The van der Waals surface area contributed by atoms with E-state index in [1.54, 1.807) is 16.8 Å². The fourth-order valence-electron chi connectivity index (χ4n) is 2.80. The Bertz CT molecular complexity index is 1020. The number of nitrogens with zero attached hydrogens (tertiary/aromatic N) is 2. The molecule has 0 unspecified atom stereocenters. The van der Waals surface area contributed by atoms with Gasteiger partial charge in [-0.1, -0.05) is 62.7 Å². The first-order chi connectivity index (χ1) is 13.1. The molecule has 0 aliphatic heterocycles. The predicted molar refractivity (Wildman–Crippen MR) is 111 cm³/mol. The maximum Gasteiger partial charge on any atom is 0.297 e. The molecule has 0 aliphatic rings. The second kappa shape index (κ2) is 7.43. The number of Topliss-reactive ketones (excluding diaryl/α,β-unsaturated/α-hetero) is 1. The number of rotatable bonds is 4. The smallest absolute Gasteiger partial charge is 0.297 e. The molecule has 28 heavy (non-hydrogen) atoms. The Morgan fingerprint density at radius 3 is 2.21 bits per heavy atom. The van der Waals surface area contributed by atoms with Crippen LogP contribution >= 0.6 is 0 Å². The van der Waals surface area contributed by atoms with E-state index in [0.717, 1.165) is 22.5 Å². The first-order valence-electron chi connectivity index (χ1n) is 9.25. The molecule has 0 saturated heterocycles. The van der Waals surface area contributed by atoms with Gasteiger partial charge in [-0.15, -0.1) is 0 Å². The fraction of sp³-hybridized carbons (Fsp3) is 0.261. The van der Waals surface area contributed by atoms with Crippen molar-refractivity contribution < 1.29 is 9.59 Å². The lowest BCUT2D eigenvalue weighted by Crippen LogP contribution is -2.24. The molecule has 1 amide bonds. The summed E-state index contributed by atoms with van der Waals surface area (Å²) in [5.74, 6) is -0.784. The number of hydrogen-bond acceptors (Lipinski definition) is 3. The third-order valence-electron chi connectivity index (χ3n) is 4.49. The van der Waals surface area contributed by atoms with E-state index in [-0.39, 0.29) is 5.41 Å². The average molecular weight is 375 g/mol. The zero-order chi connectivity index (χ0) is 20.5. The van der Waals surface area contributed by atoms with Gasteiger partial charge in [0.15, 0.2) is 0 Å². The van der Waals surface area contributed by atoms with E-state index in [2.05, 4.69) is 31.2 Å². The lowest BCUT2D eigenvalue weighted by Gasteiger charge is -2.14. The van der Waals surface area contributed by atoms with Crippen molar-refractivity contribution in [1.82, 2.24) is 9.78 Å². The van der Waals surface area contributed by atoms with E-state index in [1.807, 2.05) is 56.3 Å². The lowest BCUT2D eigenvalue weighted by atomic mass is 9.92. The molecule has 0 saturated carbocycles. The summed E-state index contributed by atoms with van der Waals surface area (Å²) in [5.41, 5.74) is 3.93. The summed E-state index contributed by atoms with van der Waals surface area (Å²) in [6, 6.07) is 16.6. The molecule has 1 aromatic heterocycles. The molecule has 0 radical (unpaired) electrons. The highest BCUT2D eigenvalue weighted by atomic mass is 16.2. The molecule has 144 valence electrons. The molecule has 0 spiro atoms. The molecule has 3 aromatic rings. The molecular formula is C23H25N3O2. The highest BCUT2D eigenvalue weighted by Gasteiger charge is 2.23. The van der Waals surface area contributed by atoms with E-state index in [9.17, 15) is 9.59 Å². The van der Waals surface area contributed by atoms with Gasteiger partial charge in [-0.25, -0.2) is 4.68 Å². The van der Waals surface area contributed by atoms with Crippen LogP contribution in [-0.2, 0) is 10.2 Å². The summed E-state index contributed by atoms with van der Waals surface area (Å²) < 4.78 is 1.67. The number of anilines is 1.